The van der Waals surface area contributed by atoms with Gasteiger partial charge in [-0.25, -0.2) is 0 Å². The Morgan fingerprint density at radius 2 is 1.56 bits per heavy atom. The SMILES string of the molecule is COc1cc(Cl)c(-c2cc(Cl)ccc2Cl)cc1C. The van der Waals surface area contributed by atoms with Gasteiger partial charge in [0.1, 0.15) is 5.75 Å². The molecule has 0 atom stereocenters. The van der Waals surface area contributed by atoms with E-state index >= 15 is 0 Å². The van der Waals surface area contributed by atoms with Crippen molar-refractivity contribution in [2.24, 2.45) is 0 Å². The van der Waals surface area contributed by atoms with Gasteiger partial charge in [0.25, 0.3) is 0 Å². The van der Waals surface area contributed by atoms with Gasteiger partial charge in [-0.2, -0.15) is 0 Å². The van der Waals surface area contributed by atoms with E-state index in [1.54, 1.807) is 31.4 Å². The normalized spacial score (nSPS) is 10.5. The van der Waals surface area contributed by atoms with Crippen molar-refractivity contribution >= 4 is 34.8 Å². The van der Waals surface area contributed by atoms with Crippen molar-refractivity contribution in [2.75, 3.05) is 7.11 Å². The monoisotopic (exact) mass is 300 g/mol. The van der Waals surface area contributed by atoms with E-state index in [1.165, 1.54) is 0 Å². The Kier molecular flexibility index (Phi) is 4.06. The van der Waals surface area contributed by atoms with Crippen molar-refractivity contribution in [2.45, 2.75) is 6.92 Å². The van der Waals surface area contributed by atoms with E-state index in [0.717, 1.165) is 22.4 Å². The summed E-state index contributed by atoms with van der Waals surface area (Å²) in [5.41, 5.74) is 2.66. The number of methoxy groups -OCH3 is 1. The first-order chi connectivity index (χ1) is 8.52. The first-order valence-electron chi connectivity index (χ1n) is 5.32. The summed E-state index contributed by atoms with van der Waals surface area (Å²) < 4.78 is 5.23. The van der Waals surface area contributed by atoms with Gasteiger partial charge < -0.3 is 4.74 Å². The molecule has 0 radical (unpaired) electrons. The summed E-state index contributed by atoms with van der Waals surface area (Å²) in [5.74, 6) is 0.752. The van der Waals surface area contributed by atoms with E-state index in [4.69, 9.17) is 39.5 Å². The molecule has 2 aromatic carbocycles. The number of hydrogen-bond acceptors (Lipinski definition) is 1. The molecular formula is C14H11Cl3O. The lowest BCUT2D eigenvalue weighted by Gasteiger charge is -2.11. The highest BCUT2D eigenvalue weighted by molar-refractivity contribution is 6.37. The Hall–Kier alpha value is -0.890. The fourth-order valence-corrected chi connectivity index (χ4v) is 2.44. The molecule has 0 aromatic heterocycles. The molecule has 2 rings (SSSR count). The van der Waals surface area contributed by atoms with E-state index in [1.807, 2.05) is 13.0 Å². The molecule has 0 saturated carbocycles. The lowest BCUT2D eigenvalue weighted by Crippen LogP contribution is -1.90. The first-order valence-corrected chi connectivity index (χ1v) is 6.46. The molecule has 94 valence electrons. The summed E-state index contributed by atoms with van der Waals surface area (Å²) in [5, 5.41) is 1.83. The molecule has 0 aliphatic heterocycles. The van der Waals surface area contributed by atoms with Gasteiger partial charge in [0.2, 0.25) is 0 Å². The molecule has 0 amide bonds. The van der Waals surface area contributed by atoms with E-state index in [9.17, 15) is 0 Å². The van der Waals surface area contributed by atoms with Crippen LogP contribution in [0.2, 0.25) is 15.1 Å². The maximum atomic E-state index is 6.26. The summed E-state index contributed by atoms with van der Waals surface area (Å²) in [6.45, 7) is 1.96. The molecule has 2 aromatic rings. The van der Waals surface area contributed by atoms with Crippen LogP contribution in [0.5, 0.6) is 5.75 Å². The number of halogens is 3. The van der Waals surface area contributed by atoms with E-state index in [2.05, 4.69) is 0 Å². The Bertz CT molecular complexity index is 594. The van der Waals surface area contributed by atoms with Crippen LogP contribution in [-0.4, -0.2) is 7.11 Å². The minimum absolute atomic E-state index is 0.585. The predicted molar refractivity (Wildman–Crippen MR) is 78.2 cm³/mol. The van der Waals surface area contributed by atoms with E-state index in [0.29, 0.717) is 15.1 Å². The van der Waals surface area contributed by atoms with Crippen molar-refractivity contribution in [3.63, 3.8) is 0 Å². The predicted octanol–water partition coefficient (Wildman–Crippen LogP) is 5.63. The Labute approximate surface area is 121 Å². The zero-order valence-corrected chi connectivity index (χ0v) is 12.2. The molecular weight excluding hydrogens is 291 g/mol. The second-order valence-electron chi connectivity index (χ2n) is 3.93. The largest absolute Gasteiger partial charge is 0.496 e. The summed E-state index contributed by atoms with van der Waals surface area (Å²) in [6.07, 6.45) is 0. The van der Waals surface area contributed by atoms with Crippen LogP contribution >= 0.6 is 34.8 Å². The average Bonchev–Trinajstić information content (AvgIpc) is 2.35. The minimum Gasteiger partial charge on any atom is -0.496 e. The van der Waals surface area contributed by atoms with Gasteiger partial charge in [-0.05, 0) is 42.8 Å². The highest BCUT2D eigenvalue weighted by atomic mass is 35.5. The number of ether oxygens (including phenoxy) is 1. The Morgan fingerprint density at radius 3 is 2.22 bits per heavy atom. The van der Waals surface area contributed by atoms with Crippen molar-refractivity contribution in [3.8, 4) is 16.9 Å². The summed E-state index contributed by atoms with van der Waals surface area (Å²) in [6, 6.07) is 9.03. The van der Waals surface area contributed by atoms with Gasteiger partial charge in [0, 0.05) is 21.2 Å². The Balaban J connectivity index is 2.64. The smallest absolute Gasteiger partial charge is 0.123 e. The molecule has 0 spiro atoms. The van der Waals surface area contributed by atoms with Gasteiger partial charge in [0.05, 0.1) is 12.1 Å². The fraction of sp³-hybridized carbons (Fsp3) is 0.143. The minimum atomic E-state index is 0.585. The van der Waals surface area contributed by atoms with Crippen LogP contribution < -0.4 is 4.74 Å². The second-order valence-corrected chi connectivity index (χ2v) is 5.18. The summed E-state index contributed by atoms with van der Waals surface area (Å²) >= 11 is 18.4. The van der Waals surface area contributed by atoms with Crippen molar-refractivity contribution in [1.82, 2.24) is 0 Å². The summed E-state index contributed by atoms with van der Waals surface area (Å²) in [4.78, 5) is 0. The lowest BCUT2D eigenvalue weighted by molar-refractivity contribution is 0.412. The quantitative estimate of drug-likeness (QED) is 0.698. The number of benzene rings is 2. The molecule has 0 bridgehead atoms. The van der Waals surface area contributed by atoms with E-state index in [-0.39, 0.29) is 0 Å². The molecule has 4 heteroatoms. The lowest BCUT2D eigenvalue weighted by atomic mass is 10.0. The highest BCUT2D eigenvalue weighted by Gasteiger charge is 2.11. The van der Waals surface area contributed by atoms with Gasteiger partial charge in [0.15, 0.2) is 0 Å². The fourth-order valence-electron chi connectivity index (χ4n) is 1.79. The molecule has 0 saturated heterocycles. The van der Waals surface area contributed by atoms with Crippen molar-refractivity contribution in [1.29, 1.82) is 0 Å². The molecule has 0 unspecified atom stereocenters. The van der Waals surface area contributed by atoms with Crippen LogP contribution in [-0.2, 0) is 0 Å². The van der Waals surface area contributed by atoms with Gasteiger partial charge in [-0.3, -0.25) is 0 Å². The zero-order chi connectivity index (χ0) is 13.3. The van der Waals surface area contributed by atoms with E-state index < -0.39 is 0 Å². The first kappa shape index (κ1) is 13.5. The van der Waals surface area contributed by atoms with Gasteiger partial charge >= 0.3 is 0 Å². The van der Waals surface area contributed by atoms with Gasteiger partial charge in [-0.1, -0.05) is 34.8 Å². The molecule has 18 heavy (non-hydrogen) atoms. The van der Waals surface area contributed by atoms with Crippen molar-refractivity contribution < 1.29 is 4.74 Å². The standard InChI is InChI=1S/C14H11Cl3O/c1-8-5-10(13(17)7-14(8)18-2)11-6-9(15)3-4-12(11)16/h3-7H,1-2H3. The number of hydrogen-bond donors (Lipinski definition) is 0. The third kappa shape index (κ3) is 2.59. The van der Waals surface area contributed by atoms with Crippen LogP contribution in [0.4, 0.5) is 0 Å². The summed E-state index contributed by atoms with van der Waals surface area (Å²) in [7, 11) is 1.62. The maximum Gasteiger partial charge on any atom is 0.123 e. The third-order valence-electron chi connectivity index (χ3n) is 2.70. The van der Waals surface area contributed by atoms with Crippen LogP contribution in [0.15, 0.2) is 30.3 Å². The molecule has 0 fully saturated rings. The molecule has 1 nitrogen and oxygen atoms in total. The van der Waals surface area contributed by atoms with Crippen LogP contribution in [0.1, 0.15) is 5.56 Å². The third-order valence-corrected chi connectivity index (χ3v) is 3.58. The second kappa shape index (κ2) is 5.40. The number of rotatable bonds is 2. The molecule has 0 aliphatic carbocycles. The number of aryl methyl sites for hydroxylation is 1. The highest BCUT2D eigenvalue weighted by Crippen LogP contribution is 2.38. The van der Waals surface area contributed by atoms with Crippen LogP contribution in [0, 0.1) is 6.92 Å². The topological polar surface area (TPSA) is 9.23 Å². The van der Waals surface area contributed by atoms with Crippen molar-refractivity contribution in [3.05, 3.63) is 51.0 Å². The van der Waals surface area contributed by atoms with Gasteiger partial charge in [-0.15, -0.1) is 0 Å². The zero-order valence-electron chi connectivity index (χ0n) is 9.93. The molecule has 0 aliphatic rings. The molecule has 0 heterocycles. The molecule has 0 N–H and O–H groups in total. The Morgan fingerprint density at radius 1 is 0.889 bits per heavy atom. The maximum absolute atomic E-state index is 6.26. The average molecular weight is 302 g/mol. The van der Waals surface area contributed by atoms with Crippen LogP contribution in [0.25, 0.3) is 11.1 Å². The van der Waals surface area contributed by atoms with Crippen LogP contribution in [0.3, 0.4) is 0 Å².